The number of benzene rings is 1. The van der Waals surface area contributed by atoms with Gasteiger partial charge in [0.25, 0.3) is 0 Å². The fraction of sp³-hybridized carbons (Fsp3) is 0.667. The molecule has 0 heterocycles. The second-order valence-corrected chi connectivity index (χ2v) is 6.38. The van der Waals surface area contributed by atoms with E-state index in [0.717, 1.165) is 6.54 Å². The lowest BCUT2D eigenvalue weighted by Crippen LogP contribution is -2.30. The predicted molar refractivity (Wildman–Crippen MR) is 87.1 cm³/mol. The molecule has 0 spiro atoms. The maximum absolute atomic E-state index is 3.79. The van der Waals surface area contributed by atoms with Crippen LogP contribution in [0.1, 0.15) is 56.7 Å². The molecule has 112 valence electrons. The fourth-order valence-electron chi connectivity index (χ4n) is 3.00. The van der Waals surface area contributed by atoms with E-state index < -0.39 is 0 Å². The smallest absolute Gasteiger partial charge is 0.0322 e. The molecule has 0 saturated heterocycles. The van der Waals surface area contributed by atoms with Gasteiger partial charge in [-0.15, -0.1) is 0 Å². The van der Waals surface area contributed by atoms with Crippen LogP contribution >= 0.6 is 0 Å². The van der Waals surface area contributed by atoms with Gasteiger partial charge < -0.3 is 10.2 Å². The Balaban J connectivity index is 1.84. The second-order valence-electron chi connectivity index (χ2n) is 6.38. The zero-order valence-electron chi connectivity index (χ0n) is 13.4. The fourth-order valence-corrected chi connectivity index (χ4v) is 3.00. The molecule has 1 aromatic carbocycles. The van der Waals surface area contributed by atoms with Crippen molar-refractivity contribution in [2.75, 3.05) is 20.1 Å². The van der Waals surface area contributed by atoms with Crippen molar-refractivity contribution in [2.45, 2.75) is 58.0 Å². The van der Waals surface area contributed by atoms with Crippen molar-refractivity contribution in [2.24, 2.45) is 0 Å². The van der Waals surface area contributed by atoms with Crippen molar-refractivity contribution in [3.63, 3.8) is 0 Å². The van der Waals surface area contributed by atoms with Crippen molar-refractivity contribution in [3.05, 3.63) is 35.4 Å². The number of rotatable bonds is 6. The highest BCUT2D eigenvalue weighted by Crippen LogP contribution is 2.28. The van der Waals surface area contributed by atoms with Gasteiger partial charge in [0.05, 0.1) is 0 Å². The van der Waals surface area contributed by atoms with Gasteiger partial charge in [0.2, 0.25) is 0 Å². The minimum atomic E-state index is 0.568. The van der Waals surface area contributed by atoms with Crippen LogP contribution in [-0.2, 0) is 6.42 Å². The first-order valence-corrected chi connectivity index (χ1v) is 8.20. The Labute approximate surface area is 124 Å². The molecule has 0 aromatic heterocycles. The van der Waals surface area contributed by atoms with Gasteiger partial charge in [-0.1, -0.05) is 30.7 Å². The molecule has 0 amide bonds. The molecule has 0 radical (unpaired) electrons. The summed E-state index contributed by atoms with van der Waals surface area (Å²) in [5.74, 6) is 0. The number of nitrogens with zero attached hydrogens (tertiary/aromatic N) is 1. The van der Waals surface area contributed by atoms with E-state index in [1.807, 2.05) is 0 Å². The largest absolute Gasteiger partial charge is 0.310 e. The van der Waals surface area contributed by atoms with Crippen LogP contribution in [-0.4, -0.2) is 31.1 Å². The van der Waals surface area contributed by atoms with Crippen molar-refractivity contribution in [1.82, 2.24) is 10.2 Å². The lowest BCUT2D eigenvalue weighted by Gasteiger charge is -2.23. The van der Waals surface area contributed by atoms with E-state index in [9.17, 15) is 0 Å². The lowest BCUT2D eigenvalue weighted by atomic mass is 9.99. The highest BCUT2D eigenvalue weighted by atomic mass is 15.1. The molecule has 1 aromatic rings. The van der Waals surface area contributed by atoms with Gasteiger partial charge in [0.1, 0.15) is 0 Å². The lowest BCUT2D eigenvalue weighted by molar-refractivity contribution is 0.267. The van der Waals surface area contributed by atoms with Crippen LogP contribution in [0.4, 0.5) is 0 Å². The summed E-state index contributed by atoms with van der Waals surface area (Å²) in [6.45, 7) is 6.82. The molecule has 0 aliphatic heterocycles. The van der Waals surface area contributed by atoms with Crippen LogP contribution in [0.25, 0.3) is 0 Å². The summed E-state index contributed by atoms with van der Waals surface area (Å²) in [5, 5.41) is 3.79. The molecular weight excluding hydrogens is 244 g/mol. The molecule has 2 rings (SSSR count). The molecule has 1 aliphatic carbocycles. The average Bonchev–Trinajstić information content (AvgIpc) is 2.65. The number of aryl methyl sites for hydroxylation is 1. The highest BCUT2D eigenvalue weighted by Gasteiger charge is 2.17. The monoisotopic (exact) mass is 274 g/mol. The molecule has 1 unspecified atom stereocenters. The van der Waals surface area contributed by atoms with Crippen molar-refractivity contribution < 1.29 is 0 Å². The van der Waals surface area contributed by atoms with Crippen molar-refractivity contribution >= 4 is 0 Å². The third-order valence-electron chi connectivity index (χ3n) is 4.58. The van der Waals surface area contributed by atoms with E-state index in [4.69, 9.17) is 0 Å². The average molecular weight is 274 g/mol. The summed E-state index contributed by atoms with van der Waals surface area (Å²) in [7, 11) is 2.21. The molecular formula is C18H30N2. The van der Waals surface area contributed by atoms with Crippen LogP contribution in [0.5, 0.6) is 0 Å². The van der Waals surface area contributed by atoms with Gasteiger partial charge in [-0.05, 0) is 70.8 Å². The van der Waals surface area contributed by atoms with Gasteiger partial charge >= 0.3 is 0 Å². The quantitative estimate of drug-likeness (QED) is 0.627. The SMILES string of the molecule is CC(C)N(C)CCCNC1CCCCc2ccccc21. The van der Waals surface area contributed by atoms with E-state index in [0.29, 0.717) is 12.1 Å². The Bertz CT molecular complexity index is 400. The normalized spacial score (nSPS) is 19.1. The van der Waals surface area contributed by atoms with Crippen LogP contribution < -0.4 is 5.32 Å². The number of hydrogen-bond donors (Lipinski definition) is 1. The zero-order chi connectivity index (χ0) is 14.4. The third-order valence-corrected chi connectivity index (χ3v) is 4.58. The molecule has 2 heteroatoms. The predicted octanol–water partition coefficient (Wildman–Crippen LogP) is 3.77. The first-order valence-electron chi connectivity index (χ1n) is 8.20. The molecule has 1 N–H and O–H groups in total. The molecule has 0 saturated carbocycles. The first kappa shape index (κ1) is 15.5. The maximum atomic E-state index is 3.79. The highest BCUT2D eigenvalue weighted by molar-refractivity contribution is 5.31. The van der Waals surface area contributed by atoms with Crippen LogP contribution in [0.3, 0.4) is 0 Å². The Kier molecular flexibility index (Phi) is 6.06. The Hall–Kier alpha value is -0.860. The molecule has 0 bridgehead atoms. The van der Waals surface area contributed by atoms with Crippen LogP contribution in [0, 0.1) is 0 Å². The van der Waals surface area contributed by atoms with Gasteiger partial charge in [0.15, 0.2) is 0 Å². The van der Waals surface area contributed by atoms with Crippen LogP contribution in [0.2, 0.25) is 0 Å². The minimum Gasteiger partial charge on any atom is -0.310 e. The van der Waals surface area contributed by atoms with E-state index in [2.05, 4.69) is 55.4 Å². The summed E-state index contributed by atoms with van der Waals surface area (Å²) in [4.78, 5) is 2.42. The standard InChI is InChI=1S/C18H30N2/c1-15(2)20(3)14-8-13-19-18-12-7-5-10-16-9-4-6-11-17(16)18/h4,6,9,11,15,18-19H,5,7-8,10,12-14H2,1-3H3. The van der Waals surface area contributed by atoms with Crippen molar-refractivity contribution in [3.8, 4) is 0 Å². The van der Waals surface area contributed by atoms with Crippen molar-refractivity contribution in [1.29, 1.82) is 0 Å². The number of nitrogens with one attached hydrogen (secondary N) is 1. The Morgan fingerprint density at radius 1 is 1.25 bits per heavy atom. The van der Waals surface area contributed by atoms with Gasteiger partial charge in [-0.3, -0.25) is 0 Å². The Morgan fingerprint density at radius 3 is 2.85 bits per heavy atom. The van der Waals surface area contributed by atoms with E-state index in [-0.39, 0.29) is 0 Å². The van der Waals surface area contributed by atoms with Gasteiger partial charge in [-0.25, -0.2) is 0 Å². The molecule has 20 heavy (non-hydrogen) atoms. The second kappa shape index (κ2) is 7.80. The van der Waals surface area contributed by atoms with E-state index in [1.165, 1.54) is 38.6 Å². The zero-order valence-corrected chi connectivity index (χ0v) is 13.4. The molecule has 1 aliphatic rings. The van der Waals surface area contributed by atoms with Gasteiger partial charge in [0, 0.05) is 12.1 Å². The van der Waals surface area contributed by atoms with Crippen LogP contribution in [0.15, 0.2) is 24.3 Å². The Morgan fingerprint density at radius 2 is 2.05 bits per heavy atom. The molecule has 0 fully saturated rings. The minimum absolute atomic E-state index is 0.568. The molecule has 1 atom stereocenters. The summed E-state index contributed by atoms with van der Waals surface area (Å²) >= 11 is 0. The topological polar surface area (TPSA) is 15.3 Å². The summed E-state index contributed by atoms with van der Waals surface area (Å²) in [6, 6.07) is 10.2. The number of fused-ring (bicyclic) bond motifs is 1. The summed E-state index contributed by atoms with van der Waals surface area (Å²) in [5.41, 5.74) is 3.10. The van der Waals surface area contributed by atoms with Gasteiger partial charge in [-0.2, -0.15) is 0 Å². The summed E-state index contributed by atoms with van der Waals surface area (Å²) in [6.07, 6.45) is 6.46. The molecule has 2 nitrogen and oxygen atoms in total. The summed E-state index contributed by atoms with van der Waals surface area (Å²) < 4.78 is 0. The number of hydrogen-bond acceptors (Lipinski definition) is 2. The van der Waals surface area contributed by atoms with E-state index in [1.54, 1.807) is 11.1 Å². The third kappa shape index (κ3) is 4.32. The van der Waals surface area contributed by atoms with E-state index >= 15 is 0 Å². The maximum Gasteiger partial charge on any atom is 0.0322 e. The first-order chi connectivity index (χ1) is 9.68.